The van der Waals surface area contributed by atoms with E-state index in [2.05, 4.69) is 35.2 Å². The van der Waals surface area contributed by atoms with E-state index < -0.39 is 11.9 Å². The highest BCUT2D eigenvalue weighted by Crippen LogP contribution is 2.30. The fourth-order valence-electron chi connectivity index (χ4n) is 3.59. The lowest BCUT2D eigenvalue weighted by atomic mass is 9.95. The van der Waals surface area contributed by atoms with Crippen LogP contribution in [0.5, 0.6) is 0 Å². The van der Waals surface area contributed by atoms with Crippen molar-refractivity contribution < 1.29 is 13.2 Å². The molecule has 136 valence electrons. The van der Waals surface area contributed by atoms with Gasteiger partial charge in [0.2, 0.25) is 0 Å². The Morgan fingerprint density at radius 2 is 1.96 bits per heavy atom. The molecule has 1 fully saturated rings. The fraction of sp³-hybridized carbons (Fsp3) is 0.667. The molecule has 0 spiro atoms. The maximum atomic E-state index is 12.6. The number of hydrogen-bond donors (Lipinski definition) is 2. The largest absolute Gasteiger partial charge is 0.435 e. The number of fused-ring (bicyclic) bond motifs is 1. The highest BCUT2D eigenvalue weighted by atomic mass is 19.4. The van der Waals surface area contributed by atoms with Crippen LogP contribution in [0, 0.1) is 0 Å². The molecule has 4 rings (SSSR count). The summed E-state index contributed by atoms with van der Waals surface area (Å²) in [7, 11) is 0. The number of hydrogen-bond acceptors (Lipinski definition) is 5. The summed E-state index contributed by atoms with van der Waals surface area (Å²) >= 11 is 0. The summed E-state index contributed by atoms with van der Waals surface area (Å²) in [6, 6.07) is 1.09. The Morgan fingerprint density at radius 3 is 2.68 bits per heavy atom. The van der Waals surface area contributed by atoms with E-state index in [4.69, 9.17) is 0 Å². The van der Waals surface area contributed by atoms with Crippen LogP contribution in [0.3, 0.4) is 0 Å². The average Bonchev–Trinajstić information content (AvgIpc) is 3.22. The van der Waals surface area contributed by atoms with Gasteiger partial charge >= 0.3 is 6.18 Å². The monoisotopic (exact) mass is 355 g/mol. The number of aromatic amines is 1. The molecule has 25 heavy (non-hydrogen) atoms. The van der Waals surface area contributed by atoms with Gasteiger partial charge in [0.1, 0.15) is 11.6 Å². The van der Waals surface area contributed by atoms with E-state index in [1.54, 1.807) is 0 Å². The highest BCUT2D eigenvalue weighted by Gasteiger charge is 2.34. The summed E-state index contributed by atoms with van der Waals surface area (Å²) in [4.78, 5) is 2.15. The Bertz CT molecular complexity index is 728. The highest BCUT2D eigenvalue weighted by molar-refractivity contribution is 5.12. The van der Waals surface area contributed by atoms with Crippen LogP contribution in [0.2, 0.25) is 0 Å². The van der Waals surface area contributed by atoms with Gasteiger partial charge in [-0.1, -0.05) is 0 Å². The second-order valence-corrected chi connectivity index (χ2v) is 6.63. The quantitative estimate of drug-likeness (QED) is 0.873. The molecule has 7 nitrogen and oxygen atoms in total. The normalized spacial score (nSPS) is 20.0. The molecule has 0 amide bonds. The third-order valence-corrected chi connectivity index (χ3v) is 4.92. The molecule has 2 aliphatic rings. The lowest BCUT2D eigenvalue weighted by Crippen LogP contribution is -2.34. The van der Waals surface area contributed by atoms with Crippen LogP contribution in [-0.4, -0.2) is 49.5 Å². The smallest absolute Gasteiger partial charge is 0.312 e. The van der Waals surface area contributed by atoms with E-state index in [-0.39, 0.29) is 0 Å². The summed E-state index contributed by atoms with van der Waals surface area (Å²) in [5.41, 5.74) is -0.363. The van der Waals surface area contributed by atoms with Gasteiger partial charge < -0.3 is 9.88 Å². The molecule has 2 aliphatic heterocycles. The van der Waals surface area contributed by atoms with Gasteiger partial charge in [-0.05, 0) is 32.0 Å². The zero-order chi connectivity index (χ0) is 17.4. The van der Waals surface area contributed by atoms with Gasteiger partial charge in [0.25, 0.3) is 0 Å². The molecular weight excluding hydrogens is 335 g/mol. The van der Waals surface area contributed by atoms with Gasteiger partial charge in [-0.25, -0.2) is 0 Å². The van der Waals surface area contributed by atoms with Gasteiger partial charge in [-0.2, -0.15) is 18.3 Å². The molecule has 4 heterocycles. The topological polar surface area (TPSA) is 74.7 Å². The molecule has 10 heteroatoms. The third-order valence-electron chi connectivity index (χ3n) is 4.92. The van der Waals surface area contributed by atoms with E-state index in [1.807, 2.05) is 0 Å². The van der Waals surface area contributed by atoms with E-state index >= 15 is 0 Å². The van der Waals surface area contributed by atoms with Crippen molar-refractivity contribution in [3.05, 3.63) is 29.1 Å². The SMILES string of the molecule is FC(F)(F)c1cc(CN2CCC(c3nnc4n3CCNC4)CC2)[nH]n1. The van der Waals surface area contributed by atoms with Crippen molar-refractivity contribution in [3.8, 4) is 0 Å². The summed E-state index contributed by atoms with van der Waals surface area (Å²) in [5.74, 6) is 2.40. The Balaban J connectivity index is 1.36. The Kier molecular flexibility index (Phi) is 4.24. The molecule has 2 aromatic heterocycles. The summed E-state index contributed by atoms with van der Waals surface area (Å²) < 4.78 is 40.0. The van der Waals surface area contributed by atoms with Crippen LogP contribution in [0.25, 0.3) is 0 Å². The molecule has 0 radical (unpaired) electrons. The first-order chi connectivity index (χ1) is 12.0. The molecule has 0 saturated carbocycles. The number of likely N-dealkylation sites (tertiary alicyclic amines) is 1. The van der Waals surface area contributed by atoms with Crippen LogP contribution in [0.4, 0.5) is 13.2 Å². The number of nitrogens with one attached hydrogen (secondary N) is 2. The van der Waals surface area contributed by atoms with Crippen LogP contribution >= 0.6 is 0 Å². The molecule has 0 aromatic carbocycles. The molecule has 2 aromatic rings. The predicted octanol–water partition coefficient (Wildman–Crippen LogP) is 1.50. The fourth-order valence-corrected chi connectivity index (χ4v) is 3.59. The predicted molar refractivity (Wildman–Crippen MR) is 82.6 cm³/mol. The first-order valence-electron chi connectivity index (χ1n) is 8.47. The number of H-pyrrole nitrogens is 1. The zero-order valence-corrected chi connectivity index (χ0v) is 13.7. The summed E-state index contributed by atoms with van der Waals surface area (Å²) in [6.45, 7) is 4.69. The summed E-state index contributed by atoms with van der Waals surface area (Å²) in [6.07, 6.45) is -2.53. The molecule has 1 saturated heterocycles. The van der Waals surface area contributed by atoms with Crippen molar-refractivity contribution in [2.45, 2.75) is 44.6 Å². The minimum Gasteiger partial charge on any atom is -0.312 e. The van der Waals surface area contributed by atoms with E-state index in [1.165, 1.54) is 0 Å². The maximum Gasteiger partial charge on any atom is 0.435 e. The number of halogens is 3. The molecule has 0 unspecified atom stereocenters. The number of alkyl halides is 3. The maximum absolute atomic E-state index is 12.6. The van der Waals surface area contributed by atoms with Crippen molar-refractivity contribution in [2.75, 3.05) is 19.6 Å². The molecule has 0 bridgehead atoms. The van der Waals surface area contributed by atoms with Crippen molar-refractivity contribution >= 4 is 0 Å². The minimum atomic E-state index is -4.40. The van der Waals surface area contributed by atoms with Gasteiger partial charge in [0.15, 0.2) is 5.69 Å². The standard InChI is InChI=1S/C15H20F3N7/c16-15(17,18)12-7-11(20-21-12)9-24-4-1-10(2-5-24)14-23-22-13-8-19-3-6-25(13)14/h7,10,19H,1-6,8-9H2,(H,20,21). The summed E-state index contributed by atoms with van der Waals surface area (Å²) in [5, 5.41) is 17.8. The minimum absolute atomic E-state index is 0.364. The van der Waals surface area contributed by atoms with Crippen LogP contribution in [-0.2, 0) is 25.8 Å². The van der Waals surface area contributed by atoms with Gasteiger partial charge in [0, 0.05) is 31.2 Å². The second-order valence-electron chi connectivity index (χ2n) is 6.63. The first kappa shape index (κ1) is 16.5. The lowest BCUT2D eigenvalue weighted by molar-refractivity contribution is -0.141. The average molecular weight is 355 g/mol. The molecular formula is C15H20F3N7. The Hall–Kier alpha value is -1.94. The second kappa shape index (κ2) is 6.41. The first-order valence-corrected chi connectivity index (χ1v) is 8.47. The van der Waals surface area contributed by atoms with Crippen molar-refractivity contribution in [2.24, 2.45) is 0 Å². The third kappa shape index (κ3) is 3.40. The van der Waals surface area contributed by atoms with Crippen molar-refractivity contribution in [1.82, 2.24) is 35.2 Å². The van der Waals surface area contributed by atoms with Gasteiger partial charge in [-0.3, -0.25) is 10.00 Å². The van der Waals surface area contributed by atoms with E-state index in [9.17, 15) is 13.2 Å². The number of aromatic nitrogens is 5. The molecule has 0 atom stereocenters. The van der Waals surface area contributed by atoms with Crippen molar-refractivity contribution in [1.29, 1.82) is 0 Å². The van der Waals surface area contributed by atoms with Crippen LogP contribution in [0.1, 0.15) is 41.8 Å². The lowest BCUT2D eigenvalue weighted by Gasteiger charge is -2.31. The van der Waals surface area contributed by atoms with E-state index in [0.29, 0.717) is 18.2 Å². The van der Waals surface area contributed by atoms with Gasteiger partial charge in [-0.15, -0.1) is 10.2 Å². The Morgan fingerprint density at radius 1 is 1.16 bits per heavy atom. The zero-order valence-electron chi connectivity index (χ0n) is 13.7. The number of piperidine rings is 1. The van der Waals surface area contributed by atoms with Crippen molar-refractivity contribution in [3.63, 3.8) is 0 Å². The van der Waals surface area contributed by atoms with E-state index in [0.717, 1.165) is 63.3 Å². The van der Waals surface area contributed by atoms with Crippen LogP contribution in [0.15, 0.2) is 6.07 Å². The van der Waals surface area contributed by atoms with Gasteiger partial charge in [0.05, 0.1) is 6.54 Å². The molecule has 2 N–H and O–H groups in total. The number of nitrogens with zero attached hydrogens (tertiary/aromatic N) is 5. The number of rotatable bonds is 3. The Labute approximate surface area is 142 Å². The molecule has 0 aliphatic carbocycles. The van der Waals surface area contributed by atoms with Crippen LogP contribution < -0.4 is 5.32 Å².